The van der Waals surface area contributed by atoms with Gasteiger partial charge in [-0.3, -0.25) is 0 Å². The highest BCUT2D eigenvalue weighted by Crippen LogP contribution is 2.28. The molecule has 0 radical (unpaired) electrons. The Morgan fingerprint density at radius 3 is 2.71 bits per heavy atom. The maximum atomic E-state index is 6.11. The van der Waals surface area contributed by atoms with Gasteiger partial charge < -0.3 is 5.32 Å². The van der Waals surface area contributed by atoms with E-state index in [4.69, 9.17) is 23.2 Å². The van der Waals surface area contributed by atoms with Gasteiger partial charge in [0.1, 0.15) is 0 Å². The number of likely N-dealkylation sites (N-methyl/N-ethyl adjacent to an activating group) is 1. The molecule has 0 spiro atoms. The maximum Gasteiger partial charge on any atom is 0.0803 e. The number of halogens is 2. The number of rotatable bonds is 7. The number of hydrogen-bond donors (Lipinski definition) is 1. The first-order valence-corrected chi connectivity index (χ1v) is 8.67. The third kappa shape index (κ3) is 4.39. The molecule has 6 heteroatoms. The molecule has 0 saturated heterocycles. The van der Waals surface area contributed by atoms with Gasteiger partial charge in [-0.05, 0) is 48.6 Å². The summed E-state index contributed by atoms with van der Waals surface area (Å²) in [5, 5.41) is 8.97. The molecule has 2 rings (SSSR count). The highest BCUT2D eigenvalue weighted by molar-refractivity contribution is 7.05. The van der Waals surface area contributed by atoms with Gasteiger partial charge in [0.25, 0.3) is 0 Å². The lowest BCUT2D eigenvalue weighted by molar-refractivity contribution is 0.552. The topological polar surface area (TPSA) is 37.8 Å². The van der Waals surface area contributed by atoms with Crippen molar-refractivity contribution in [3.05, 3.63) is 44.4 Å². The van der Waals surface area contributed by atoms with Crippen molar-refractivity contribution in [1.29, 1.82) is 0 Å². The molecular formula is C15H19Cl2N3S. The van der Waals surface area contributed by atoms with E-state index in [0.29, 0.717) is 10.0 Å². The van der Waals surface area contributed by atoms with Gasteiger partial charge in [0.05, 0.1) is 20.6 Å². The van der Waals surface area contributed by atoms with Crippen LogP contribution in [0.15, 0.2) is 18.2 Å². The van der Waals surface area contributed by atoms with Gasteiger partial charge in [0, 0.05) is 6.04 Å². The van der Waals surface area contributed by atoms with Crippen molar-refractivity contribution < 1.29 is 0 Å². The van der Waals surface area contributed by atoms with Gasteiger partial charge in [-0.1, -0.05) is 54.0 Å². The maximum absolute atomic E-state index is 6.11. The van der Waals surface area contributed by atoms with Crippen molar-refractivity contribution in [2.75, 3.05) is 6.54 Å². The molecule has 0 bridgehead atoms. The lowest BCUT2D eigenvalue weighted by Gasteiger charge is -2.17. The van der Waals surface area contributed by atoms with Crippen LogP contribution >= 0.6 is 34.7 Å². The molecule has 3 nitrogen and oxygen atoms in total. The zero-order chi connectivity index (χ0) is 15.2. The van der Waals surface area contributed by atoms with Crippen molar-refractivity contribution in [3.63, 3.8) is 0 Å². The van der Waals surface area contributed by atoms with Gasteiger partial charge in [0.15, 0.2) is 0 Å². The highest BCUT2D eigenvalue weighted by Gasteiger charge is 2.19. The fraction of sp³-hybridized carbons (Fsp3) is 0.467. The first-order valence-electron chi connectivity index (χ1n) is 7.14. The molecular weight excluding hydrogens is 325 g/mol. The number of benzene rings is 1. The van der Waals surface area contributed by atoms with Gasteiger partial charge in [0.2, 0.25) is 0 Å². The molecule has 0 saturated carbocycles. The lowest BCUT2D eigenvalue weighted by atomic mass is 10.0. The van der Waals surface area contributed by atoms with E-state index in [2.05, 4.69) is 28.8 Å². The Hall–Kier alpha value is -0.680. The van der Waals surface area contributed by atoms with Crippen LogP contribution < -0.4 is 5.32 Å². The Bertz CT molecular complexity index is 586. The van der Waals surface area contributed by atoms with Crippen molar-refractivity contribution in [3.8, 4) is 0 Å². The molecule has 1 N–H and O–H groups in total. The number of hydrogen-bond acceptors (Lipinski definition) is 4. The quantitative estimate of drug-likeness (QED) is 0.792. The van der Waals surface area contributed by atoms with Crippen LogP contribution in [0, 0.1) is 0 Å². The Morgan fingerprint density at radius 1 is 1.24 bits per heavy atom. The molecule has 0 amide bonds. The van der Waals surface area contributed by atoms with Crippen LogP contribution in [-0.2, 0) is 12.8 Å². The van der Waals surface area contributed by atoms with Gasteiger partial charge in [-0.15, -0.1) is 5.10 Å². The lowest BCUT2D eigenvalue weighted by Crippen LogP contribution is -2.23. The van der Waals surface area contributed by atoms with Gasteiger partial charge >= 0.3 is 0 Å². The van der Waals surface area contributed by atoms with Crippen molar-refractivity contribution in [1.82, 2.24) is 14.9 Å². The normalized spacial score (nSPS) is 12.6. The molecule has 1 unspecified atom stereocenters. The second-order valence-electron chi connectivity index (χ2n) is 4.90. The summed E-state index contributed by atoms with van der Waals surface area (Å²) < 4.78 is 4.12. The van der Waals surface area contributed by atoms with Gasteiger partial charge in [-0.2, -0.15) is 0 Å². The molecule has 0 fully saturated rings. The monoisotopic (exact) mass is 343 g/mol. The zero-order valence-electron chi connectivity index (χ0n) is 12.2. The van der Waals surface area contributed by atoms with E-state index >= 15 is 0 Å². The second kappa shape index (κ2) is 8.08. The number of nitrogens with zero attached hydrogens (tertiary/aromatic N) is 2. The van der Waals surface area contributed by atoms with Crippen LogP contribution in [0.2, 0.25) is 10.0 Å². The highest BCUT2D eigenvalue weighted by atomic mass is 35.5. The zero-order valence-corrected chi connectivity index (χ0v) is 14.5. The Kier molecular flexibility index (Phi) is 6.42. The van der Waals surface area contributed by atoms with Gasteiger partial charge in [-0.25, -0.2) is 0 Å². The van der Waals surface area contributed by atoms with E-state index < -0.39 is 0 Å². The van der Waals surface area contributed by atoms with Crippen molar-refractivity contribution in [2.24, 2.45) is 0 Å². The average Bonchev–Trinajstić information content (AvgIpc) is 2.91. The SMILES string of the molecule is CCCc1nnsc1C(Cc1ccc(Cl)c(Cl)c1)NCC. The Labute approximate surface area is 139 Å². The predicted octanol–water partition coefficient (Wildman–Crippen LogP) is 4.69. The third-order valence-corrected chi connectivity index (χ3v) is 4.88. The minimum Gasteiger partial charge on any atom is -0.309 e. The minimum atomic E-state index is 0.216. The van der Waals surface area contributed by atoms with Crippen molar-refractivity contribution >= 4 is 34.7 Å². The molecule has 0 aliphatic heterocycles. The summed E-state index contributed by atoms with van der Waals surface area (Å²) in [7, 11) is 0. The summed E-state index contributed by atoms with van der Waals surface area (Å²) in [5.74, 6) is 0. The molecule has 114 valence electrons. The van der Waals surface area contributed by atoms with Crippen LogP contribution in [0.1, 0.15) is 42.4 Å². The minimum absolute atomic E-state index is 0.216. The molecule has 1 aromatic heterocycles. The van der Waals surface area contributed by atoms with E-state index in [-0.39, 0.29) is 6.04 Å². The molecule has 2 aromatic rings. The van der Waals surface area contributed by atoms with Crippen molar-refractivity contribution in [2.45, 2.75) is 39.2 Å². The van der Waals surface area contributed by atoms with Crippen LogP contribution in [0.25, 0.3) is 0 Å². The Balaban J connectivity index is 2.22. The fourth-order valence-electron chi connectivity index (χ4n) is 2.30. The van der Waals surface area contributed by atoms with Crippen LogP contribution in [-0.4, -0.2) is 16.1 Å². The smallest absolute Gasteiger partial charge is 0.0803 e. The Morgan fingerprint density at radius 2 is 2.05 bits per heavy atom. The summed E-state index contributed by atoms with van der Waals surface area (Å²) in [4.78, 5) is 1.23. The molecule has 21 heavy (non-hydrogen) atoms. The van der Waals surface area contributed by atoms with E-state index in [1.807, 2.05) is 18.2 Å². The summed E-state index contributed by atoms with van der Waals surface area (Å²) in [5.41, 5.74) is 2.26. The number of nitrogens with one attached hydrogen (secondary N) is 1. The molecule has 1 heterocycles. The summed E-state index contributed by atoms with van der Waals surface area (Å²) in [6.07, 6.45) is 2.89. The molecule has 1 atom stereocenters. The van der Waals surface area contributed by atoms with E-state index in [9.17, 15) is 0 Å². The number of aryl methyl sites for hydroxylation is 1. The van der Waals surface area contributed by atoms with E-state index in [1.165, 1.54) is 16.4 Å². The summed E-state index contributed by atoms with van der Waals surface area (Å²) in [6.45, 7) is 5.16. The predicted molar refractivity (Wildman–Crippen MR) is 90.5 cm³/mol. The second-order valence-corrected chi connectivity index (χ2v) is 6.50. The first-order chi connectivity index (χ1) is 10.2. The van der Waals surface area contributed by atoms with Crippen LogP contribution in [0.3, 0.4) is 0 Å². The summed E-state index contributed by atoms with van der Waals surface area (Å²) in [6, 6.07) is 6.02. The van der Waals surface area contributed by atoms with E-state index in [0.717, 1.165) is 37.1 Å². The van der Waals surface area contributed by atoms with Crippen LogP contribution in [0.5, 0.6) is 0 Å². The fourth-order valence-corrected chi connectivity index (χ4v) is 3.39. The number of aromatic nitrogens is 2. The van der Waals surface area contributed by atoms with E-state index in [1.54, 1.807) is 0 Å². The molecule has 0 aliphatic carbocycles. The standard InChI is InChI=1S/C15H19Cl2N3S/c1-3-5-13-15(21-20-19-13)14(18-4-2)9-10-6-7-11(16)12(17)8-10/h6-8,14,18H,3-5,9H2,1-2H3. The molecule has 1 aromatic carbocycles. The third-order valence-electron chi connectivity index (χ3n) is 3.26. The van der Waals surface area contributed by atoms with Crippen LogP contribution in [0.4, 0.5) is 0 Å². The average molecular weight is 344 g/mol. The largest absolute Gasteiger partial charge is 0.309 e. The first kappa shape index (κ1) is 16.7. The summed E-state index contributed by atoms with van der Waals surface area (Å²) >= 11 is 13.6. The molecule has 0 aliphatic rings.